The predicted octanol–water partition coefficient (Wildman–Crippen LogP) is 3.25. The third-order valence-corrected chi connectivity index (χ3v) is 5.60. The molecule has 0 radical (unpaired) electrons. The van der Waals surface area contributed by atoms with Gasteiger partial charge in [-0.2, -0.15) is 5.26 Å². The fourth-order valence-corrected chi connectivity index (χ4v) is 4.34. The van der Waals surface area contributed by atoms with Gasteiger partial charge in [-0.25, -0.2) is 0 Å². The van der Waals surface area contributed by atoms with E-state index in [2.05, 4.69) is 50.3 Å². The number of hydrogen-bond donors (Lipinski definition) is 0. The van der Waals surface area contributed by atoms with Gasteiger partial charge in [0.2, 0.25) is 11.8 Å². The highest BCUT2D eigenvalue weighted by atomic mass is 16.4. The number of hydrogen-bond acceptors (Lipinski definition) is 6. The Morgan fingerprint density at radius 3 is 2.96 bits per heavy atom. The summed E-state index contributed by atoms with van der Waals surface area (Å²) in [6.45, 7) is 3.77. The Morgan fingerprint density at radius 1 is 1.11 bits per heavy atom. The molecule has 28 heavy (non-hydrogen) atoms. The Labute approximate surface area is 164 Å². The molecule has 1 unspecified atom stereocenters. The lowest BCUT2D eigenvalue weighted by Gasteiger charge is -2.26. The van der Waals surface area contributed by atoms with Crippen molar-refractivity contribution in [2.75, 3.05) is 24.5 Å². The minimum absolute atomic E-state index is 0.469. The van der Waals surface area contributed by atoms with E-state index in [-0.39, 0.29) is 0 Å². The predicted molar refractivity (Wildman–Crippen MR) is 106 cm³/mol. The first-order valence-electron chi connectivity index (χ1n) is 9.70. The lowest BCUT2D eigenvalue weighted by atomic mass is 10.1. The standard InChI is InChI=1S/C22H21N5O/c23-13-16-5-3-7-18(11-16)22-25-24-21(28-22)15-26-9-4-10-27-19(14-26)12-17-6-1-2-8-20(17)27/h1-3,5-8,11,19H,4,9-10,12,14-15H2. The fourth-order valence-electron chi connectivity index (χ4n) is 4.34. The molecule has 0 saturated carbocycles. The summed E-state index contributed by atoms with van der Waals surface area (Å²) in [5.41, 5.74) is 4.22. The van der Waals surface area contributed by atoms with Crippen LogP contribution in [0.2, 0.25) is 0 Å². The van der Waals surface area contributed by atoms with Crippen molar-refractivity contribution in [1.29, 1.82) is 5.26 Å². The Kier molecular flexibility index (Phi) is 4.30. The van der Waals surface area contributed by atoms with Crippen molar-refractivity contribution >= 4 is 5.69 Å². The molecule has 2 aliphatic rings. The third-order valence-electron chi connectivity index (χ3n) is 5.60. The highest BCUT2D eigenvalue weighted by molar-refractivity contribution is 5.59. The van der Waals surface area contributed by atoms with Crippen molar-refractivity contribution in [3.63, 3.8) is 0 Å². The summed E-state index contributed by atoms with van der Waals surface area (Å²) in [6.07, 6.45) is 2.22. The molecule has 140 valence electrons. The zero-order chi connectivity index (χ0) is 18.9. The number of rotatable bonds is 3. The summed E-state index contributed by atoms with van der Waals surface area (Å²) >= 11 is 0. The van der Waals surface area contributed by atoms with Crippen LogP contribution >= 0.6 is 0 Å². The number of benzene rings is 2. The zero-order valence-corrected chi connectivity index (χ0v) is 15.6. The maximum absolute atomic E-state index is 9.07. The van der Waals surface area contributed by atoms with Gasteiger partial charge in [-0.3, -0.25) is 4.90 Å². The van der Waals surface area contributed by atoms with E-state index in [4.69, 9.17) is 9.68 Å². The number of nitriles is 1. The monoisotopic (exact) mass is 371 g/mol. The quantitative estimate of drug-likeness (QED) is 0.704. The van der Waals surface area contributed by atoms with E-state index in [1.807, 2.05) is 12.1 Å². The second kappa shape index (κ2) is 7.10. The molecule has 1 atom stereocenters. The molecular weight excluding hydrogens is 350 g/mol. The highest BCUT2D eigenvalue weighted by Crippen LogP contribution is 2.33. The maximum Gasteiger partial charge on any atom is 0.247 e. The molecule has 1 fully saturated rings. The smallest absolute Gasteiger partial charge is 0.247 e. The molecule has 6 nitrogen and oxygen atoms in total. The molecular formula is C22H21N5O. The molecule has 1 saturated heterocycles. The van der Waals surface area contributed by atoms with Gasteiger partial charge in [-0.1, -0.05) is 24.3 Å². The van der Waals surface area contributed by atoms with E-state index >= 15 is 0 Å². The SMILES string of the molecule is N#Cc1cccc(-c2nnc(CN3CCCN4c5ccccc5CC4C3)o2)c1. The van der Waals surface area contributed by atoms with Crippen LogP contribution in [0.5, 0.6) is 0 Å². The molecule has 2 aromatic carbocycles. The Hall–Kier alpha value is -3.17. The zero-order valence-electron chi connectivity index (χ0n) is 15.6. The van der Waals surface area contributed by atoms with Crippen LogP contribution in [0.4, 0.5) is 5.69 Å². The van der Waals surface area contributed by atoms with Crippen molar-refractivity contribution in [3.05, 3.63) is 65.5 Å². The van der Waals surface area contributed by atoms with Crippen LogP contribution in [0.15, 0.2) is 52.9 Å². The third kappa shape index (κ3) is 3.14. The van der Waals surface area contributed by atoms with Crippen LogP contribution in [0.25, 0.3) is 11.5 Å². The lowest BCUT2D eigenvalue weighted by Crippen LogP contribution is -2.38. The first-order chi connectivity index (χ1) is 13.8. The molecule has 0 bridgehead atoms. The van der Waals surface area contributed by atoms with Gasteiger partial charge in [0.05, 0.1) is 18.2 Å². The summed E-state index contributed by atoms with van der Waals surface area (Å²) in [5.74, 6) is 1.10. The van der Waals surface area contributed by atoms with E-state index < -0.39 is 0 Å². The van der Waals surface area contributed by atoms with Crippen LogP contribution in [0.1, 0.15) is 23.4 Å². The van der Waals surface area contributed by atoms with Gasteiger partial charge in [0.15, 0.2) is 0 Å². The largest absolute Gasteiger partial charge is 0.419 e. The molecule has 3 heterocycles. The maximum atomic E-state index is 9.07. The summed E-state index contributed by atoms with van der Waals surface area (Å²) in [5, 5.41) is 17.5. The average Bonchev–Trinajstić information content (AvgIpc) is 3.27. The Bertz CT molecular complexity index is 1040. The number of para-hydroxylation sites is 1. The summed E-state index contributed by atoms with van der Waals surface area (Å²) in [6, 6.07) is 18.7. The number of fused-ring (bicyclic) bond motifs is 3. The van der Waals surface area contributed by atoms with Gasteiger partial charge in [0.25, 0.3) is 0 Å². The molecule has 1 aromatic heterocycles. The van der Waals surface area contributed by atoms with Gasteiger partial charge >= 0.3 is 0 Å². The van der Waals surface area contributed by atoms with Gasteiger partial charge < -0.3 is 9.32 Å². The van der Waals surface area contributed by atoms with Crippen molar-refractivity contribution < 1.29 is 4.42 Å². The molecule has 0 N–H and O–H groups in total. The van der Waals surface area contributed by atoms with E-state index in [1.54, 1.807) is 12.1 Å². The minimum atomic E-state index is 0.469. The molecule has 2 aliphatic heterocycles. The molecule has 5 rings (SSSR count). The first kappa shape index (κ1) is 17.0. The van der Waals surface area contributed by atoms with Crippen LogP contribution in [-0.4, -0.2) is 40.8 Å². The van der Waals surface area contributed by atoms with Gasteiger partial charge in [-0.15, -0.1) is 10.2 Å². The van der Waals surface area contributed by atoms with E-state index in [0.717, 1.165) is 38.0 Å². The van der Waals surface area contributed by atoms with Crippen LogP contribution in [-0.2, 0) is 13.0 Å². The summed E-state index contributed by atoms with van der Waals surface area (Å²) < 4.78 is 5.90. The van der Waals surface area contributed by atoms with Crippen LogP contribution in [0, 0.1) is 11.3 Å². The van der Waals surface area contributed by atoms with E-state index in [9.17, 15) is 0 Å². The second-order valence-corrected chi connectivity index (χ2v) is 7.46. The lowest BCUT2D eigenvalue weighted by molar-refractivity contribution is 0.240. The van der Waals surface area contributed by atoms with Crippen molar-refractivity contribution in [3.8, 4) is 17.5 Å². The van der Waals surface area contributed by atoms with Gasteiger partial charge in [0, 0.05) is 36.9 Å². The fraction of sp³-hybridized carbons (Fsp3) is 0.318. The Morgan fingerprint density at radius 2 is 2.04 bits per heavy atom. The van der Waals surface area contributed by atoms with Crippen molar-refractivity contribution in [2.24, 2.45) is 0 Å². The van der Waals surface area contributed by atoms with Crippen LogP contribution in [0.3, 0.4) is 0 Å². The van der Waals surface area contributed by atoms with E-state index in [0.29, 0.717) is 29.9 Å². The second-order valence-electron chi connectivity index (χ2n) is 7.46. The Balaban J connectivity index is 1.30. The number of anilines is 1. The molecule has 3 aromatic rings. The van der Waals surface area contributed by atoms with Gasteiger partial charge in [0.1, 0.15) is 0 Å². The molecule has 0 spiro atoms. The first-order valence-corrected chi connectivity index (χ1v) is 9.70. The van der Waals surface area contributed by atoms with E-state index in [1.165, 1.54) is 11.3 Å². The van der Waals surface area contributed by atoms with Crippen molar-refractivity contribution in [1.82, 2.24) is 15.1 Å². The number of nitrogens with zero attached hydrogens (tertiary/aromatic N) is 5. The highest BCUT2D eigenvalue weighted by Gasteiger charge is 2.32. The molecule has 0 amide bonds. The van der Waals surface area contributed by atoms with Crippen LogP contribution < -0.4 is 4.90 Å². The molecule has 0 aliphatic carbocycles. The molecule has 6 heteroatoms. The number of aromatic nitrogens is 2. The summed E-state index contributed by atoms with van der Waals surface area (Å²) in [7, 11) is 0. The minimum Gasteiger partial charge on any atom is -0.419 e. The van der Waals surface area contributed by atoms with Gasteiger partial charge in [-0.05, 0) is 42.7 Å². The topological polar surface area (TPSA) is 69.2 Å². The normalized spacial score (nSPS) is 19.0. The average molecular weight is 371 g/mol. The van der Waals surface area contributed by atoms with Crippen molar-refractivity contribution in [2.45, 2.75) is 25.4 Å². The summed E-state index contributed by atoms with van der Waals surface area (Å²) in [4.78, 5) is 4.97.